The minimum Gasteiger partial charge on any atom is -0.327 e. The summed E-state index contributed by atoms with van der Waals surface area (Å²) in [6.45, 7) is -0.148. The molecule has 0 radical (unpaired) electrons. The van der Waals surface area contributed by atoms with Gasteiger partial charge in [0.1, 0.15) is 4.83 Å². The van der Waals surface area contributed by atoms with Crippen LogP contribution >= 0.6 is 11.3 Å². The predicted octanol–water partition coefficient (Wildman–Crippen LogP) is 3.80. The van der Waals surface area contributed by atoms with Crippen molar-refractivity contribution in [3.05, 3.63) is 17.8 Å². The van der Waals surface area contributed by atoms with Gasteiger partial charge in [-0.2, -0.15) is 0 Å². The van der Waals surface area contributed by atoms with E-state index in [1.807, 2.05) is 6.33 Å². The zero-order chi connectivity index (χ0) is 11.0. The SMILES string of the molecule is FCC1CCC(n2cnc3sccc32)CC1. The Balaban J connectivity index is 1.81. The Morgan fingerprint density at radius 2 is 2.19 bits per heavy atom. The fraction of sp³-hybridized carbons (Fsp3) is 0.583. The van der Waals surface area contributed by atoms with Crippen LogP contribution in [-0.4, -0.2) is 16.2 Å². The van der Waals surface area contributed by atoms with Crippen LogP contribution in [0, 0.1) is 5.92 Å². The number of halogens is 1. The summed E-state index contributed by atoms with van der Waals surface area (Å²) in [4.78, 5) is 5.52. The van der Waals surface area contributed by atoms with Gasteiger partial charge in [-0.1, -0.05) is 0 Å². The molecule has 4 heteroatoms. The maximum atomic E-state index is 12.5. The first-order chi connectivity index (χ1) is 7.88. The van der Waals surface area contributed by atoms with Crippen molar-refractivity contribution in [3.8, 4) is 0 Å². The Morgan fingerprint density at radius 1 is 1.38 bits per heavy atom. The van der Waals surface area contributed by atoms with Crippen LogP contribution in [0.2, 0.25) is 0 Å². The third-order valence-electron chi connectivity index (χ3n) is 3.63. The van der Waals surface area contributed by atoms with Crippen molar-refractivity contribution in [2.75, 3.05) is 6.67 Å². The van der Waals surface area contributed by atoms with Crippen molar-refractivity contribution in [3.63, 3.8) is 0 Å². The Morgan fingerprint density at radius 3 is 2.94 bits per heavy atom. The molecule has 3 rings (SSSR count). The summed E-state index contributed by atoms with van der Waals surface area (Å²) in [5, 5.41) is 2.08. The molecule has 0 aromatic carbocycles. The van der Waals surface area contributed by atoms with Crippen molar-refractivity contribution >= 4 is 21.7 Å². The van der Waals surface area contributed by atoms with Crippen molar-refractivity contribution in [1.82, 2.24) is 9.55 Å². The van der Waals surface area contributed by atoms with Gasteiger partial charge < -0.3 is 4.57 Å². The van der Waals surface area contributed by atoms with Crippen LogP contribution in [0.1, 0.15) is 31.7 Å². The normalized spacial score (nSPS) is 26.3. The first-order valence-electron chi connectivity index (χ1n) is 5.84. The van der Waals surface area contributed by atoms with E-state index in [1.54, 1.807) is 11.3 Å². The molecule has 16 heavy (non-hydrogen) atoms. The highest BCUT2D eigenvalue weighted by Crippen LogP contribution is 2.34. The minimum absolute atomic E-state index is 0.148. The maximum absolute atomic E-state index is 12.5. The largest absolute Gasteiger partial charge is 0.327 e. The van der Waals surface area contributed by atoms with E-state index in [0.717, 1.165) is 30.5 Å². The zero-order valence-corrected chi connectivity index (χ0v) is 9.92. The number of alkyl halides is 1. The van der Waals surface area contributed by atoms with Gasteiger partial charge in [0.05, 0.1) is 18.5 Å². The molecule has 0 amide bonds. The average Bonchev–Trinajstić information content (AvgIpc) is 2.91. The van der Waals surface area contributed by atoms with Crippen LogP contribution in [0.5, 0.6) is 0 Å². The van der Waals surface area contributed by atoms with E-state index in [0.29, 0.717) is 12.0 Å². The first-order valence-corrected chi connectivity index (χ1v) is 6.72. The van der Waals surface area contributed by atoms with Crippen LogP contribution < -0.4 is 0 Å². The lowest BCUT2D eigenvalue weighted by atomic mass is 9.87. The third-order valence-corrected chi connectivity index (χ3v) is 4.44. The number of thiophene rings is 1. The number of imidazole rings is 1. The topological polar surface area (TPSA) is 17.8 Å². The second-order valence-electron chi connectivity index (χ2n) is 4.59. The van der Waals surface area contributed by atoms with Gasteiger partial charge in [-0.15, -0.1) is 11.3 Å². The lowest BCUT2D eigenvalue weighted by Gasteiger charge is -2.27. The second-order valence-corrected chi connectivity index (χ2v) is 5.49. The van der Waals surface area contributed by atoms with Crippen LogP contribution in [0.25, 0.3) is 10.3 Å². The molecular formula is C12H15FN2S. The molecule has 1 aliphatic carbocycles. The van der Waals surface area contributed by atoms with Crippen molar-refractivity contribution in [2.24, 2.45) is 5.92 Å². The zero-order valence-electron chi connectivity index (χ0n) is 9.10. The Labute approximate surface area is 98.1 Å². The number of hydrogen-bond donors (Lipinski definition) is 0. The average molecular weight is 238 g/mol. The molecule has 0 bridgehead atoms. The van der Waals surface area contributed by atoms with E-state index < -0.39 is 0 Å². The molecule has 0 spiro atoms. The molecule has 1 fully saturated rings. The summed E-state index contributed by atoms with van der Waals surface area (Å²) >= 11 is 1.69. The van der Waals surface area contributed by atoms with E-state index in [1.165, 1.54) is 5.52 Å². The molecular weight excluding hydrogens is 223 g/mol. The number of fused-ring (bicyclic) bond motifs is 1. The number of aromatic nitrogens is 2. The Kier molecular flexibility index (Phi) is 2.67. The second kappa shape index (κ2) is 4.17. The fourth-order valence-electron chi connectivity index (χ4n) is 2.63. The quantitative estimate of drug-likeness (QED) is 0.778. The fourth-order valence-corrected chi connectivity index (χ4v) is 3.36. The monoisotopic (exact) mass is 238 g/mol. The number of hydrogen-bond acceptors (Lipinski definition) is 2. The highest BCUT2D eigenvalue weighted by Gasteiger charge is 2.23. The summed E-state index contributed by atoms with van der Waals surface area (Å²) in [6, 6.07) is 2.66. The maximum Gasteiger partial charge on any atom is 0.141 e. The predicted molar refractivity (Wildman–Crippen MR) is 64.6 cm³/mol. The summed E-state index contributed by atoms with van der Waals surface area (Å²) in [7, 11) is 0. The Bertz CT molecular complexity index is 468. The molecule has 2 aromatic rings. The van der Waals surface area contributed by atoms with E-state index in [9.17, 15) is 4.39 Å². The van der Waals surface area contributed by atoms with Crippen LogP contribution in [0.15, 0.2) is 17.8 Å². The van der Waals surface area contributed by atoms with E-state index >= 15 is 0 Å². The van der Waals surface area contributed by atoms with Crippen molar-refractivity contribution in [2.45, 2.75) is 31.7 Å². The summed E-state index contributed by atoms with van der Waals surface area (Å²) in [5.41, 5.74) is 1.24. The molecule has 2 heterocycles. The number of rotatable bonds is 2. The van der Waals surface area contributed by atoms with Gasteiger partial charge in [-0.05, 0) is 43.0 Å². The van der Waals surface area contributed by atoms with Gasteiger partial charge in [-0.25, -0.2) is 4.98 Å². The molecule has 1 saturated carbocycles. The smallest absolute Gasteiger partial charge is 0.141 e. The Hall–Kier alpha value is -0.900. The van der Waals surface area contributed by atoms with Crippen molar-refractivity contribution < 1.29 is 4.39 Å². The van der Waals surface area contributed by atoms with Crippen LogP contribution in [-0.2, 0) is 0 Å². The summed E-state index contributed by atoms with van der Waals surface area (Å²) < 4.78 is 14.8. The highest BCUT2D eigenvalue weighted by atomic mass is 32.1. The van der Waals surface area contributed by atoms with Gasteiger partial charge in [0.2, 0.25) is 0 Å². The van der Waals surface area contributed by atoms with Crippen LogP contribution in [0.4, 0.5) is 4.39 Å². The molecule has 0 saturated heterocycles. The van der Waals surface area contributed by atoms with E-state index in [2.05, 4.69) is 21.0 Å². The van der Waals surface area contributed by atoms with E-state index in [4.69, 9.17) is 0 Å². The van der Waals surface area contributed by atoms with Crippen molar-refractivity contribution in [1.29, 1.82) is 0 Å². The molecule has 0 unspecified atom stereocenters. The molecule has 2 aromatic heterocycles. The van der Waals surface area contributed by atoms with Gasteiger partial charge in [0, 0.05) is 6.04 Å². The minimum atomic E-state index is -0.148. The molecule has 1 aliphatic rings. The third kappa shape index (κ3) is 1.65. The van der Waals surface area contributed by atoms with E-state index in [-0.39, 0.29) is 6.67 Å². The highest BCUT2D eigenvalue weighted by molar-refractivity contribution is 7.16. The summed E-state index contributed by atoms with van der Waals surface area (Å²) in [6.07, 6.45) is 6.17. The van der Waals surface area contributed by atoms with Gasteiger partial charge >= 0.3 is 0 Å². The molecule has 0 atom stereocenters. The van der Waals surface area contributed by atoms with Gasteiger partial charge in [0.25, 0.3) is 0 Å². The lowest BCUT2D eigenvalue weighted by molar-refractivity contribution is 0.235. The first kappa shape index (κ1) is 10.3. The molecule has 0 aliphatic heterocycles. The summed E-state index contributed by atoms with van der Waals surface area (Å²) in [5.74, 6) is 0.303. The number of nitrogens with zero attached hydrogens (tertiary/aromatic N) is 2. The standard InChI is InChI=1S/C12H15FN2S/c13-7-9-1-3-10(4-2-9)15-8-14-12-11(15)5-6-16-12/h5-6,8-10H,1-4,7H2. The molecule has 0 N–H and O–H groups in total. The lowest BCUT2D eigenvalue weighted by Crippen LogP contribution is -2.18. The van der Waals surface area contributed by atoms with Gasteiger partial charge in [0.15, 0.2) is 0 Å². The molecule has 86 valence electrons. The molecule has 2 nitrogen and oxygen atoms in total. The van der Waals surface area contributed by atoms with Crippen LogP contribution in [0.3, 0.4) is 0 Å². The van der Waals surface area contributed by atoms with Gasteiger partial charge in [-0.3, -0.25) is 4.39 Å².